The van der Waals surface area contributed by atoms with Crippen LogP contribution < -0.4 is 27.4 Å². The molecule has 1 heterocycles. The Hall–Kier alpha value is -4.75. The molecule has 4 amide bonds. The summed E-state index contributed by atoms with van der Waals surface area (Å²) in [5.74, 6) is -4.85. The molecule has 0 bridgehead atoms. The van der Waals surface area contributed by atoms with Crippen molar-refractivity contribution >= 4 is 40.5 Å². The molecule has 2 aromatic carbocycles. The van der Waals surface area contributed by atoms with Crippen LogP contribution in [0, 0.1) is 0 Å². The van der Waals surface area contributed by atoms with Crippen molar-refractivity contribution < 1.29 is 34.2 Å². The highest BCUT2D eigenvalue weighted by Crippen LogP contribution is 2.19. The second kappa shape index (κ2) is 14.1. The molecule has 0 aliphatic heterocycles. The van der Waals surface area contributed by atoms with Crippen LogP contribution in [0.3, 0.4) is 0 Å². The number of aliphatic hydroxyl groups excluding tert-OH is 1. The Balaban J connectivity index is 1.83. The van der Waals surface area contributed by atoms with Gasteiger partial charge in [0.15, 0.2) is 0 Å². The van der Waals surface area contributed by atoms with Crippen molar-refractivity contribution in [1.82, 2.24) is 20.9 Å². The van der Waals surface area contributed by atoms with Crippen LogP contribution >= 0.6 is 0 Å². The maximum atomic E-state index is 13.5. The van der Waals surface area contributed by atoms with E-state index in [0.717, 1.165) is 10.9 Å². The van der Waals surface area contributed by atoms with E-state index in [2.05, 4.69) is 20.9 Å². The second-order valence-corrected chi connectivity index (χ2v) is 9.71. The fraction of sp³-hybridized carbons (Fsp3) is 0.321. The molecule has 3 rings (SSSR count). The lowest BCUT2D eigenvalue weighted by Gasteiger charge is -2.25. The number of amides is 4. The number of carboxylic acids is 1. The molecule has 5 atom stereocenters. The first-order chi connectivity index (χ1) is 19.5. The lowest BCUT2D eigenvalue weighted by Crippen LogP contribution is -2.59. The minimum Gasteiger partial charge on any atom is -0.480 e. The van der Waals surface area contributed by atoms with Crippen LogP contribution in [0.2, 0.25) is 0 Å². The number of aliphatic hydroxyl groups is 1. The predicted octanol–water partition coefficient (Wildman–Crippen LogP) is -0.924. The molecule has 0 saturated carbocycles. The molecular formula is C28H34N6O7. The zero-order valence-electron chi connectivity index (χ0n) is 22.4. The minimum absolute atomic E-state index is 0.0369. The molecule has 13 nitrogen and oxygen atoms in total. The van der Waals surface area contributed by atoms with Crippen LogP contribution in [0.15, 0.2) is 60.8 Å². The van der Waals surface area contributed by atoms with Crippen molar-refractivity contribution in [3.8, 4) is 0 Å². The standard InChI is InChI=1S/C28H34N6O7/c1-15(35)24(30)27(39)33-20(12-17-14-31-19-10-6-5-9-18(17)19)25(37)32-21(13-23(29)36)26(38)34-22(28(40)41)11-16-7-3-2-4-8-16/h2-10,14-15,20-22,24,31,35H,11-13,30H2,1H3,(H2,29,36)(H,32,37)(H,33,39)(H,34,38)(H,40,41). The van der Waals surface area contributed by atoms with Gasteiger partial charge in [0.05, 0.1) is 12.5 Å². The van der Waals surface area contributed by atoms with Gasteiger partial charge >= 0.3 is 5.97 Å². The molecule has 0 saturated heterocycles. The number of hydrogen-bond donors (Lipinski definition) is 8. The molecule has 0 aliphatic carbocycles. The zero-order chi connectivity index (χ0) is 30.1. The monoisotopic (exact) mass is 566 g/mol. The van der Waals surface area contributed by atoms with Crippen molar-refractivity contribution in [3.05, 3.63) is 71.9 Å². The number of nitrogens with two attached hydrogens (primary N) is 2. The number of benzene rings is 2. The molecule has 218 valence electrons. The molecule has 3 aromatic rings. The summed E-state index contributed by atoms with van der Waals surface area (Å²) in [6, 6.07) is 10.4. The Kier molecular flexibility index (Phi) is 10.6. The molecule has 0 fully saturated rings. The molecule has 0 aliphatic rings. The highest BCUT2D eigenvalue weighted by molar-refractivity contribution is 5.96. The zero-order valence-corrected chi connectivity index (χ0v) is 22.4. The van der Waals surface area contributed by atoms with E-state index in [0.29, 0.717) is 11.1 Å². The van der Waals surface area contributed by atoms with Gasteiger partial charge in [-0.2, -0.15) is 0 Å². The Bertz CT molecular complexity index is 1390. The van der Waals surface area contributed by atoms with E-state index in [1.165, 1.54) is 6.92 Å². The molecular weight excluding hydrogens is 532 g/mol. The Morgan fingerprint density at radius 3 is 2.05 bits per heavy atom. The summed E-state index contributed by atoms with van der Waals surface area (Å²) in [7, 11) is 0. The first-order valence-electron chi connectivity index (χ1n) is 12.9. The SMILES string of the molecule is CC(O)C(N)C(=O)NC(Cc1c[nH]c2ccccc12)C(=O)NC(CC(N)=O)C(=O)NC(Cc1ccccc1)C(=O)O. The van der Waals surface area contributed by atoms with Gasteiger partial charge in [-0.1, -0.05) is 48.5 Å². The third kappa shape index (κ3) is 8.62. The molecule has 41 heavy (non-hydrogen) atoms. The first-order valence-corrected chi connectivity index (χ1v) is 12.9. The normalized spacial score (nSPS) is 14.7. The van der Waals surface area contributed by atoms with Crippen LogP contribution in [0.5, 0.6) is 0 Å². The third-order valence-electron chi connectivity index (χ3n) is 6.49. The number of H-pyrrole nitrogens is 1. The number of aromatic amines is 1. The highest BCUT2D eigenvalue weighted by Gasteiger charge is 2.32. The van der Waals surface area contributed by atoms with Gasteiger partial charge in [-0.05, 0) is 24.1 Å². The van der Waals surface area contributed by atoms with E-state index >= 15 is 0 Å². The van der Waals surface area contributed by atoms with Crippen molar-refractivity contribution in [1.29, 1.82) is 0 Å². The number of carboxylic acid groups (broad SMARTS) is 1. The fourth-order valence-electron chi connectivity index (χ4n) is 4.22. The number of rotatable bonds is 14. The van der Waals surface area contributed by atoms with Crippen LogP contribution in [-0.2, 0) is 36.8 Å². The van der Waals surface area contributed by atoms with Crippen molar-refractivity contribution in [3.63, 3.8) is 0 Å². The lowest BCUT2D eigenvalue weighted by atomic mass is 10.0. The van der Waals surface area contributed by atoms with Crippen LogP contribution in [0.1, 0.15) is 24.5 Å². The molecule has 0 spiro atoms. The second-order valence-electron chi connectivity index (χ2n) is 9.71. The Labute approximate surface area is 235 Å². The first kappa shape index (κ1) is 30.8. The summed E-state index contributed by atoms with van der Waals surface area (Å²) in [6.45, 7) is 1.32. The number of nitrogens with one attached hydrogen (secondary N) is 4. The van der Waals surface area contributed by atoms with E-state index in [1.807, 2.05) is 18.2 Å². The highest BCUT2D eigenvalue weighted by atomic mass is 16.4. The van der Waals surface area contributed by atoms with Gasteiger partial charge in [-0.15, -0.1) is 0 Å². The topological polar surface area (TPSA) is 230 Å². The number of aliphatic carboxylic acids is 1. The predicted molar refractivity (Wildman–Crippen MR) is 149 cm³/mol. The summed E-state index contributed by atoms with van der Waals surface area (Å²) in [4.78, 5) is 66.0. The molecule has 0 radical (unpaired) electrons. The smallest absolute Gasteiger partial charge is 0.326 e. The minimum atomic E-state index is -1.54. The van der Waals surface area contributed by atoms with Gasteiger partial charge in [0.2, 0.25) is 23.6 Å². The third-order valence-corrected chi connectivity index (χ3v) is 6.49. The van der Waals surface area contributed by atoms with Gasteiger partial charge in [-0.3, -0.25) is 19.2 Å². The van der Waals surface area contributed by atoms with Gasteiger partial charge in [0.1, 0.15) is 24.2 Å². The summed E-state index contributed by atoms with van der Waals surface area (Å²) in [6.07, 6.45) is -0.255. The summed E-state index contributed by atoms with van der Waals surface area (Å²) < 4.78 is 0. The largest absolute Gasteiger partial charge is 0.480 e. The van der Waals surface area contributed by atoms with Gasteiger partial charge in [0, 0.05) is 29.9 Å². The summed E-state index contributed by atoms with van der Waals surface area (Å²) in [5.41, 5.74) is 13.2. The number of carbonyl (C=O) groups is 5. The average Bonchev–Trinajstić information content (AvgIpc) is 3.34. The molecule has 5 unspecified atom stereocenters. The number of aromatic nitrogens is 1. The number of carbonyl (C=O) groups excluding carboxylic acids is 4. The van der Waals surface area contributed by atoms with Gasteiger partial charge in [0.25, 0.3) is 0 Å². The van der Waals surface area contributed by atoms with E-state index < -0.39 is 66.3 Å². The van der Waals surface area contributed by atoms with E-state index in [1.54, 1.807) is 42.6 Å². The van der Waals surface area contributed by atoms with Gasteiger partial charge < -0.3 is 42.6 Å². The maximum absolute atomic E-state index is 13.5. The van der Waals surface area contributed by atoms with Crippen LogP contribution in [-0.4, -0.2) is 75.1 Å². The Morgan fingerprint density at radius 2 is 1.41 bits per heavy atom. The van der Waals surface area contributed by atoms with Gasteiger partial charge in [-0.25, -0.2) is 4.79 Å². The fourth-order valence-corrected chi connectivity index (χ4v) is 4.22. The van der Waals surface area contributed by atoms with Crippen LogP contribution in [0.25, 0.3) is 10.9 Å². The lowest BCUT2D eigenvalue weighted by molar-refractivity contribution is -0.142. The summed E-state index contributed by atoms with van der Waals surface area (Å²) >= 11 is 0. The summed E-state index contributed by atoms with van der Waals surface area (Å²) in [5, 5.41) is 27.5. The quantitative estimate of drug-likeness (QED) is 0.121. The molecule has 1 aromatic heterocycles. The van der Waals surface area contributed by atoms with Crippen molar-refractivity contribution in [2.24, 2.45) is 11.5 Å². The number of primary amides is 1. The maximum Gasteiger partial charge on any atom is 0.326 e. The van der Waals surface area contributed by atoms with E-state index in [-0.39, 0.29) is 12.8 Å². The number of fused-ring (bicyclic) bond motifs is 1. The molecule has 13 heteroatoms. The molecule has 10 N–H and O–H groups in total. The Morgan fingerprint density at radius 1 is 0.829 bits per heavy atom. The average molecular weight is 567 g/mol. The van der Waals surface area contributed by atoms with Crippen LogP contribution in [0.4, 0.5) is 0 Å². The van der Waals surface area contributed by atoms with E-state index in [4.69, 9.17) is 11.5 Å². The van der Waals surface area contributed by atoms with E-state index in [9.17, 15) is 34.2 Å². The van der Waals surface area contributed by atoms with Crippen molar-refractivity contribution in [2.75, 3.05) is 0 Å². The number of hydrogen-bond acceptors (Lipinski definition) is 7. The number of para-hydroxylation sites is 1. The van der Waals surface area contributed by atoms with Crippen molar-refractivity contribution in [2.45, 2.75) is 56.5 Å².